The minimum absolute atomic E-state index is 0.0142. The first-order chi connectivity index (χ1) is 14.3. The van der Waals surface area contributed by atoms with E-state index in [4.69, 9.17) is 5.73 Å². The minimum atomic E-state index is -4.57. The van der Waals surface area contributed by atoms with Gasteiger partial charge in [-0.1, -0.05) is 25.0 Å². The van der Waals surface area contributed by atoms with Crippen LogP contribution in [-0.4, -0.2) is 28.0 Å². The van der Waals surface area contributed by atoms with Crippen molar-refractivity contribution in [3.63, 3.8) is 0 Å². The first-order valence-corrected chi connectivity index (χ1v) is 10.4. The summed E-state index contributed by atoms with van der Waals surface area (Å²) in [5.74, 6) is -0.174. The summed E-state index contributed by atoms with van der Waals surface area (Å²) in [5, 5.41) is 7.19. The molecule has 10 heteroatoms. The molecular weight excluding hydrogens is 415 g/mol. The van der Waals surface area contributed by atoms with Crippen molar-refractivity contribution in [3.05, 3.63) is 47.0 Å². The number of nitrogens with two attached hydrogens (primary N) is 1. The molecule has 4 rings (SSSR count). The van der Waals surface area contributed by atoms with Crippen LogP contribution in [0.15, 0.2) is 35.8 Å². The lowest BCUT2D eigenvalue weighted by Gasteiger charge is -2.29. The zero-order valence-electron chi connectivity index (χ0n) is 15.9. The maximum atomic E-state index is 13.2. The molecule has 1 fully saturated rings. The molecule has 0 radical (unpaired) electrons. The number of halogens is 3. The predicted octanol–water partition coefficient (Wildman–Crippen LogP) is 4.64. The highest BCUT2D eigenvalue weighted by Crippen LogP contribution is 2.35. The molecule has 2 atom stereocenters. The lowest BCUT2D eigenvalue weighted by Crippen LogP contribution is -2.42. The zero-order valence-corrected chi connectivity index (χ0v) is 16.7. The van der Waals surface area contributed by atoms with Crippen LogP contribution < -0.4 is 16.4 Å². The molecule has 0 spiro atoms. The molecule has 1 saturated carbocycles. The van der Waals surface area contributed by atoms with Gasteiger partial charge < -0.3 is 16.4 Å². The smallest absolute Gasteiger partial charge is 0.364 e. The number of alkyl halides is 3. The van der Waals surface area contributed by atoms with Gasteiger partial charge in [0.05, 0.1) is 23.0 Å². The van der Waals surface area contributed by atoms with Gasteiger partial charge in [0.15, 0.2) is 0 Å². The van der Waals surface area contributed by atoms with E-state index in [2.05, 4.69) is 20.6 Å². The molecule has 6 nitrogen and oxygen atoms in total. The van der Waals surface area contributed by atoms with E-state index in [1.54, 1.807) is 11.6 Å². The minimum Gasteiger partial charge on any atom is -0.364 e. The number of hydrogen-bond donors (Lipinski definition) is 3. The van der Waals surface area contributed by atoms with Crippen molar-refractivity contribution < 1.29 is 18.0 Å². The number of aromatic nitrogens is 2. The van der Waals surface area contributed by atoms with Gasteiger partial charge in [-0.05, 0) is 25.0 Å². The van der Waals surface area contributed by atoms with E-state index < -0.39 is 17.6 Å². The van der Waals surface area contributed by atoms with Crippen LogP contribution in [0.25, 0.3) is 10.3 Å². The SMILES string of the molecule is N[C@H]1CCCC[C@H]1Nc1cnc2scc(C(=O)Nc3ccccc3C(F)(F)F)c2n1. The van der Waals surface area contributed by atoms with Gasteiger partial charge in [-0.2, -0.15) is 13.2 Å². The van der Waals surface area contributed by atoms with Crippen molar-refractivity contribution in [3.8, 4) is 0 Å². The maximum Gasteiger partial charge on any atom is 0.418 e. The topological polar surface area (TPSA) is 92.9 Å². The van der Waals surface area contributed by atoms with Crippen molar-refractivity contribution in [1.82, 2.24) is 9.97 Å². The highest BCUT2D eigenvalue weighted by molar-refractivity contribution is 7.17. The van der Waals surface area contributed by atoms with Gasteiger partial charge >= 0.3 is 6.18 Å². The van der Waals surface area contributed by atoms with Crippen molar-refractivity contribution in [1.29, 1.82) is 0 Å². The van der Waals surface area contributed by atoms with E-state index >= 15 is 0 Å². The maximum absolute atomic E-state index is 13.2. The fourth-order valence-electron chi connectivity index (χ4n) is 3.60. The summed E-state index contributed by atoms with van der Waals surface area (Å²) in [6.45, 7) is 0. The number of carbonyl (C=O) groups excluding carboxylic acids is 1. The summed E-state index contributed by atoms with van der Waals surface area (Å²) < 4.78 is 39.6. The van der Waals surface area contributed by atoms with Crippen LogP contribution in [0.4, 0.5) is 24.7 Å². The molecule has 4 N–H and O–H groups in total. The van der Waals surface area contributed by atoms with Crippen LogP contribution in [0.1, 0.15) is 41.6 Å². The molecule has 158 valence electrons. The average Bonchev–Trinajstić information content (AvgIpc) is 3.13. The molecule has 1 amide bonds. The molecule has 3 aromatic rings. The Morgan fingerprint density at radius 1 is 1.20 bits per heavy atom. The Kier molecular flexibility index (Phi) is 5.61. The second-order valence-corrected chi connectivity index (χ2v) is 8.11. The van der Waals surface area contributed by atoms with E-state index in [0.717, 1.165) is 31.7 Å². The van der Waals surface area contributed by atoms with Crippen LogP contribution in [0, 0.1) is 0 Å². The van der Waals surface area contributed by atoms with Crippen LogP contribution in [0.5, 0.6) is 0 Å². The second kappa shape index (κ2) is 8.19. The van der Waals surface area contributed by atoms with Gasteiger partial charge in [0.25, 0.3) is 5.91 Å². The summed E-state index contributed by atoms with van der Waals surface area (Å²) >= 11 is 1.21. The van der Waals surface area contributed by atoms with E-state index in [1.165, 1.54) is 29.5 Å². The van der Waals surface area contributed by atoms with Crippen LogP contribution in [0.2, 0.25) is 0 Å². The molecule has 0 aliphatic heterocycles. The third kappa shape index (κ3) is 4.24. The summed E-state index contributed by atoms with van der Waals surface area (Å²) in [6, 6.07) is 4.94. The molecule has 2 heterocycles. The third-order valence-corrected chi connectivity index (χ3v) is 6.04. The number of nitrogens with one attached hydrogen (secondary N) is 2. The van der Waals surface area contributed by atoms with E-state index in [0.29, 0.717) is 16.2 Å². The van der Waals surface area contributed by atoms with Crippen molar-refractivity contribution in [2.24, 2.45) is 5.73 Å². The number of amides is 1. The normalized spacial score (nSPS) is 19.6. The predicted molar refractivity (Wildman–Crippen MR) is 111 cm³/mol. The third-order valence-electron chi connectivity index (χ3n) is 5.16. The summed E-state index contributed by atoms with van der Waals surface area (Å²) in [4.78, 5) is 22.1. The van der Waals surface area contributed by atoms with Crippen LogP contribution >= 0.6 is 11.3 Å². The number of nitrogens with zero attached hydrogens (tertiary/aromatic N) is 2. The number of carbonyl (C=O) groups is 1. The van der Waals surface area contributed by atoms with E-state index in [-0.39, 0.29) is 23.3 Å². The van der Waals surface area contributed by atoms with Gasteiger partial charge in [-0.25, -0.2) is 9.97 Å². The highest BCUT2D eigenvalue weighted by Gasteiger charge is 2.34. The largest absolute Gasteiger partial charge is 0.418 e. The number of benzene rings is 1. The molecule has 30 heavy (non-hydrogen) atoms. The average molecular weight is 435 g/mol. The molecule has 0 unspecified atom stereocenters. The number of fused-ring (bicyclic) bond motifs is 1. The molecule has 1 aliphatic carbocycles. The Bertz CT molecular complexity index is 1070. The van der Waals surface area contributed by atoms with Crippen molar-refractivity contribution >= 4 is 39.1 Å². The molecule has 1 aromatic carbocycles. The lowest BCUT2D eigenvalue weighted by molar-refractivity contribution is -0.136. The number of hydrogen-bond acceptors (Lipinski definition) is 6. The molecule has 0 bridgehead atoms. The zero-order chi connectivity index (χ0) is 21.3. The summed E-state index contributed by atoms with van der Waals surface area (Å²) in [6.07, 6.45) is 1.03. The molecular formula is C20H20F3N5OS. The second-order valence-electron chi connectivity index (χ2n) is 7.25. The number of rotatable bonds is 4. The standard InChI is InChI=1S/C20H20F3N5OS/c21-20(22,23)12-5-1-3-7-14(12)27-18(29)11-10-30-19-17(11)28-16(9-25-19)26-15-8-4-2-6-13(15)24/h1,3,5,7,9-10,13,15H,2,4,6,8,24H2,(H,26,28)(H,27,29)/t13-,15+/m0/s1. The Hall–Kier alpha value is -2.72. The number of para-hydroxylation sites is 1. The monoisotopic (exact) mass is 435 g/mol. The first-order valence-electron chi connectivity index (χ1n) is 9.57. The van der Waals surface area contributed by atoms with Crippen molar-refractivity contribution in [2.45, 2.75) is 43.9 Å². The van der Waals surface area contributed by atoms with Gasteiger partial charge in [-0.3, -0.25) is 4.79 Å². The molecule has 1 aliphatic rings. The quantitative estimate of drug-likeness (QED) is 0.555. The van der Waals surface area contributed by atoms with E-state index in [9.17, 15) is 18.0 Å². The Labute approximate surface area is 174 Å². The van der Waals surface area contributed by atoms with Gasteiger partial charge in [-0.15, -0.1) is 11.3 Å². The molecule has 0 saturated heterocycles. The summed E-state index contributed by atoms with van der Waals surface area (Å²) in [5.41, 5.74) is 5.48. The lowest BCUT2D eigenvalue weighted by atomic mass is 9.91. The van der Waals surface area contributed by atoms with E-state index in [1.807, 2.05) is 0 Å². The number of anilines is 2. The molecule has 2 aromatic heterocycles. The Morgan fingerprint density at radius 2 is 1.97 bits per heavy atom. The van der Waals surface area contributed by atoms with Gasteiger partial charge in [0.2, 0.25) is 0 Å². The fourth-order valence-corrected chi connectivity index (χ4v) is 4.43. The van der Waals surface area contributed by atoms with Crippen LogP contribution in [0.3, 0.4) is 0 Å². The first kappa shape index (κ1) is 20.5. The summed E-state index contributed by atoms with van der Waals surface area (Å²) in [7, 11) is 0. The van der Waals surface area contributed by atoms with Crippen LogP contribution in [-0.2, 0) is 6.18 Å². The van der Waals surface area contributed by atoms with Crippen molar-refractivity contribution in [2.75, 3.05) is 10.6 Å². The fraction of sp³-hybridized carbons (Fsp3) is 0.350. The number of thiophene rings is 1. The highest BCUT2D eigenvalue weighted by atomic mass is 32.1. The van der Waals surface area contributed by atoms with Gasteiger partial charge in [0, 0.05) is 17.5 Å². The Morgan fingerprint density at radius 3 is 2.73 bits per heavy atom. The Balaban J connectivity index is 1.59. The van der Waals surface area contributed by atoms with Gasteiger partial charge in [0.1, 0.15) is 16.2 Å².